The number of hydrogen-bond donors (Lipinski definition) is 1. The zero-order valence-corrected chi connectivity index (χ0v) is 16.1. The van der Waals surface area contributed by atoms with Gasteiger partial charge in [-0.25, -0.2) is 5.43 Å². The van der Waals surface area contributed by atoms with Crippen molar-refractivity contribution >= 4 is 12.1 Å². The number of methoxy groups -OCH3 is 1. The van der Waals surface area contributed by atoms with Crippen molar-refractivity contribution in [2.45, 2.75) is 20.5 Å². The maximum atomic E-state index is 12.2. The Morgan fingerprint density at radius 1 is 1.11 bits per heavy atom. The van der Waals surface area contributed by atoms with Crippen LogP contribution < -0.4 is 14.9 Å². The van der Waals surface area contributed by atoms with E-state index in [1.165, 1.54) is 0 Å². The van der Waals surface area contributed by atoms with Crippen molar-refractivity contribution in [2.75, 3.05) is 7.11 Å². The van der Waals surface area contributed by atoms with Crippen LogP contribution in [0.3, 0.4) is 0 Å². The summed E-state index contributed by atoms with van der Waals surface area (Å²) in [4.78, 5) is 12.2. The molecule has 0 aliphatic heterocycles. The van der Waals surface area contributed by atoms with Gasteiger partial charge in [-0.1, -0.05) is 30.3 Å². The van der Waals surface area contributed by atoms with E-state index in [0.29, 0.717) is 35.2 Å². The minimum atomic E-state index is -0.320. The molecule has 0 bridgehead atoms. The Labute approximate surface area is 163 Å². The lowest BCUT2D eigenvalue weighted by molar-refractivity contribution is 0.0953. The SMILES string of the molecule is COc1ccc(/C=N\NC(=O)c2cc(C)oc2C)cc1OCc1ccccc1. The number of hydrogen-bond acceptors (Lipinski definition) is 5. The molecule has 144 valence electrons. The highest BCUT2D eigenvalue weighted by atomic mass is 16.5. The molecule has 1 heterocycles. The highest BCUT2D eigenvalue weighted by Crippen LogP contribution is 2.28. The number of carbonyl (C=O) groups is 1. The van der Waals surface area contributed by atoms with Gasteiger partial charge < -0.3 is 13.9 Å². The molecular weight excluding hydrogens is 356 g/mol. The van der Waals surface area contributed by atoms with Gasteiger partial charge in [0.05, 0.1) is 18.9 Å². The molecule has 6 heteroatoms. The predicted molar refractivity (Wildman–Crippen MR) is 107 cm³/mol. The maximum Gasteiger partial charge on any atom is 0.274 e. The molecule has 0 spiro atoms. The first kappa shape index (κ1) is 19.2. The van der Waals surface area contributed by atoms with E-state index in [1.807, 2.05) is 42.5 Å². The highest BCUT2D eigenvalue weighted by molar-refractivity contribution is 5.95. The van der Waals surface area contributed by atoms with Crippen molar-refractivity contribution in [1.82, 2.24) is 5.43 Å². The smallest absolute Gasteiger partial charge is 0.274 e. The van der Waals surface area contributed by atoms with Gasteiger partial charge in [0.25, 0.3) is 5.91 Å². The van der Waals surface area contributed by atoms with Crippen molar-refractivity contribution in [3.05, 3.63) is 82.8 Å². The maximum absolute atomic E-state index is 12.2. The van der Waals surface area contributed by atoms with Crippen molar-refractivity contribution in [3.8, 4) is 11.5 Å². The van der Waals surface area contributed by atoms with Crippen LogP contribution >= 0.6 is 0 Å². The fourth-order valence-corrected chi connectivity index (χ4v) is 2.70. The van der Waals surface area contributed by atoms with Gasteiger partial charge in [-0.15, -0.1) is 0 Å². The van der Waals surface area contributed by atoms with Crippen LogP contribution in [0.5, 0.6) is 11.5 Å². The van der Waals surface area contributed by atoms with E-state index in [1.54, 1.807) is 39.3 Å². The minimum absolute atomic E-state index is 0.320. The lowest BCUT2D eigenvalue weighted by atomic mass is 10.2. The van der Waals surface area contributed by atoms with Crippen molar-refractivity contribution < 1.29 is 18.7 Å². The Hall–Kier alpha value is -3.54. The second kappa shape index (κ2) is 8.90. The molecule has 0 saturated heterocycles. The van der Waals surface area contributed by atoms with Crippen LogP contribution in [0.4, 0.5) is 0 Å². The van der Waals surface area contributed by atoms with Gasteiger partial charge in [-0.05, 0) is 49.2 Å². The first-order valence-electron chi connectivity index (χ1n) is 8.82. The van der Waals surface area contributed by atoms with Gasteiger partial charge >= 0.3 is 0 Å². The molecule has 0 unspecified atom stereocenters. The summed E-state index contributed by atoms with van der Waals surface area (Å²) in [6, 6.07) is 17.0. The lowest BCUT2D eigenvalue weighted by Gasteiger charge is -2.11. The zero-order valence-electron chi connectivity index (χ0n) is 16.1. The molecule has 1 amide bonds. The summed E-state index contributed by atoms with van der Waals surface area (Å²) in [5, 5.41) is 4.02. The molecule has 0 fully saturated rings. The molecule has 0 saturated carbocycles. The standard InChI is InChI=1S/C22H22N2O4/c1-15-11-19(16(2)28-15)22(25)24-23-13-18-9-10-20(26-3)21(12-18)27-14-17-7-5-4-6-8-17/h4-13H,14H2,1-3H3,(H,24,25)/b23-13-. The van der Waals surface area contributed by atoms with Gasteiger partial charge in [-0.3, -0.25) is 4.79 Å². The number of carbonyl (C=O) groups excluding carboxylic acids is 1. The van der Waals surface area contributed by atoms with Crippen LogP contribution in [-0.4, -0.2) is 19.2 Å². The number of furan rings is 1. The number of nitrogens with zero attached hydrogens (tertiary/aromatic N) is 1. The quantitative estimate of drug-likeness (QED) is 0.493. The molecular formula is C22H22N2O4. The Morgan fingerprint density at radius 2 is 1.89 bits per heavy atom. The van der Waals surface area contributed by atoms with E-state index >= 15 is 0 Å². The summed E-state index contributed by atoms with van der Waals surface area (Å²) in [5.41, 5.74) is 4.80. The molecule has 0 aliphatic carbocycles. The number of ether oxygens (including phenoxy) is 2. The topological polar surface area (TPSA) is 73.1 Å². The molecule has 2 aromatic carbocycles. The van der Waals surface area contributed by atoms with Gasteiger partial charge in [0.1, 0.15) is 18.1 Å². The summed E-state index contributed by atoms with van der Waals surface area (Å²) in [6.07, 6.45) is 1.55. The molecule has 0 aliphatic rings. The number of amides is 1. The normalized spacial score (nSPS) is 10.8. The van der Waals surface area contributed by atoms with Crippen molar-refractivity contribution in [3.63, 3.8) is 0 Å². The average Bonchev–Trinajstić information content (AvgIpc) is 3.05. The predicted octanol–water partition coefficient (Wildman–Crippen LogP) is 4.25. The van der Waals surface area contributed by atoms with Gasteiger partial charge in [0.15, 0.2) is 11.5 Å². The Morgan fingerprint density at radius 3 is 2.57 bits per heavy atom. The third-order valence-corrected chi connectivity index (χ3v) is 4.09. The first-order chi connectivity index (χ1) is 13.6. The fourth-order valence-electron chi connectivity index (χ4n) is 2.70. The summed E-state index contributed by atoms with van der Waals surface area (Å²) in [5.74, 6) is 2.15. The van der Waals surface area contributed by atoms with Gasteiger partial charge in [-0.2, -0.15) is 5.10 Å². The highest BCUT2D eigenvalue weighted by Gasteiger charge is 2.12. The molecule has 0 radical (unpaired) electrons. The van der Waals surface area contributed by atoms with Crippen molar-refractivity contribution in [2.24, 2.45) is 5.10 Å². The third-order valence-electron chi connectivity index (χ3n) is 4.09. The van der Waals surface area contributed by atoms with E-state index in [0.717, 1.165) is 11.1 Å². The third kappa shape index (κ3) is 4.79. The average molecular weight is 378 g/mol. The van der Waals surface area contributed by atoms with E-state index in [2.05, 4.69) is 10.5 Å². The number of nitrogens with one attached hydrogen (secondary N) is 1. The number of hydrazone groups is 1. The molecule has 28 heavy (non-hydrogen) atoms. The Bertz CT molecular complexity index is 977. The molecule has 3 rings (SSSR count). The molecule has 0 atom stereocenters. The van der Waals surface area contributed by atoms with Gasteiger partial charge in [0, 0.05) is 0 Å². The Kier molecular flexibility index (Phi) is 6.11. The first-order valence-corrected chi connectivity index (χ1v) is 8.82. The van der Waals surface area contributed by atoms with Crippen LogP contribution in [-0.2, 0) is 6.61 Å². The number of aryl methyl sites for hydroxylation is 2. The number of rotatable bonds is 7. The van der Waals surface area contributed by atoms with E-state index in [4.69, 9.17) is 13.9 Å². The van der Waals surface area contributed by atoms with Gasteiger partial charge in [0.2, 0.25) is 0 Å². The van der Waals surface area contributed by atoms with Crippen LogP contribution in [0.1, 0.15) is 33.0 Å². The lowest BCUT2D eigenvalue weighted by Crippen LogP contribution is -2.17. The summed E-state index contributed by atoms with van der Waals surface area (Å²) >= 11 is 0. The fraction of sp³-hybridized carbons (Fsp3) is 0.182. The van der Waals surface area contributed by atoms with Crippen LogP contribution in [0.25, 0.3) is 0 Å². The monoisotopic (exact) mass is 378 g/mol. The van der Waals surface area contributed by atoms with E-state index in [9.17, 15) is 4.79 Å². The summed E-state index contributed by atoms with van der Waals surface area (Å²) in [6.45, 7) is 3.96. The van der Waals surface area contributed by atoms with E-state index in [-0.39, 0.29) is 5.91 Å². The Balaban J connectivity index is 1.67. The largest absolute Gasteiger partial charge is 0.493 e. The number of benzene rings is 2. The zero-order chi connectivity index (χ0) is 19.9. The second-order valence-corrected chi connectivity index (χ2v) is 6.21. The molecule has 6 nitrogen and oxygen atoms in total. The molecule has 1 aromatic heterocycles. The molecule has 3 aromatic rings. The molecule has 1 N–H and O–H groups in total. The summed E-state index contributed by atoms with van der Waals surface area (Å²) in [7, 11) is 1.59. The minimum Gasteiger partial charge on any atom is -0.493 e. The van der Waals surface area contributed by atoms with Crippen LogP contribution in [0.2, 0.25) is 0 Å². The van der Waals surface area contributed by atoms with E-state index < -0.39 is 0 Å². The van der Waals surface area contributed by atoms with Crippen LogP contribution in [0, 0.1) is 13.8 Å². The van der Waals surface area contributed by atoms with Crippen LogP contribution in [0.15, 0.2) is 64.1 Å². The summed E-state index contributed by atoms with van der Waals surface area (Å²) < 4.78 is 16.6. The second-order valence-electron chi connectivity index (χ2n) is 6.21. The van der Waals surface area contributed by atoms with Crippen molar-refractivity contribution in [1.29, 1.82) is 0 Å².